The van der Waals surface area contributed by atoms with Gasteiger partial charge in [-0.15, -0.1) is 0 Å². The first-order valence-corrected chi connectivity index (χ1v) is 10.0. The first-order chi connectivity index (χ1) is 12.9. The number of benzene rings is 1. The van der Waals surface area contributed by atoms with E-state index in [0.29, 0.717) is 23.8 Å². The van der Waals surface area contributed by atoms with Crippen molar-refractivity contribution in [3.05, 3.63) is 72.1 Å². The highest BCUT2D eigenvalue weighted by Crippen LogP contribution is 2.11. The summed E-state index contributed by atoms with van der Waals surface area (Å²) in [4.78, 5) is 8.67. The van der Waals surface area contributed by atoms with Crippen molar-refractivity contribution in [2.45, 2.75) is 12.7 Å². The van der Waals surface area contributed by atoms with E-state index in [9.17, 15) is 12.8 Å². The van der Waals surface area contributed by atoms with Crippen LogP contribution >= 0.6 is 0 Å². The van der Waals surface area contributed by atoms with Crippen LogP contribution in [0.15, 0.2) is 54.9 Å². The third-order valence-corrected chi connectivity index (χ3v) is 5.05. The van der Waals surface area contributed by atoms with E-state index in [-0.39, 0.29) is 12.3 Å². The van der Waals surface area contributed by atoms with Gasteiger partial charge < -0.3 is 9.88 Å². The molecule has 2 heterocycles. The number of anilines is 1. The SMILES string of the molecule is Cc1nc(NCCNS(=O)(=O)Cc2cccc(F)c2)cc(-n2cccc2)n1. The second kappa shape index (κ2) is 8.28. The minimum absolute atomic E-state index is 0.180. The second-order valence-corrected chi connectivity index (χ2v) is 7.77. The Morgan fingerprint density at radius 3 is 2.59 bits per heavy atom. The van der Waals surface area contributed by atoms with Crippen molar-refractivity contribution in [3.8, 4) is 5.82 Å². The topological polar surface area (TPSA) is 88.9 Å². The maximum absolute atomic E-state index is 13.2. The van der Waals surface area contributed by atoms with Gasteiger partial charge in [-0.3, -0.25) is 0 Å². The smallest absolute Gasteiger partial charge is 0.215 e. The lowest BCUT2D eigenvalue weighted by Gasteiger charge is -2.10. The van der Waals surface area contributed by atoms with E-state index in [4.69, 9.17) is 0 Å². The fraction of sp³-hybridized carbons (Fsp3) is 0.222. The molecule has 2 N–H and O–H groups in total. The molecule has 7 nitrogen and oxygen atoms in total. The number of sulfonamides is 1. The van der Waals surface area contributed by atoms with Crippen molar-refractivity contribution in [1.29, 1.82) is 0 Å². The summed E-state index contributed by atoms with van der Waals surface area (Å²) >= 11 is 0. The monoisotopic (exact) mass is 389 g/mol. The van der Waals surface area contributed by atoms with Gasteiger partial charge in [0.25, 0.3) is 0 Å². The van der Waals surface area contributed by atoms with Gasteiger partial charge in [-0.1, -0.05) is 12.1 Å². The molecule has 0 aliphatic carbocycles. The van der Waals surface area contributed by atoms with Crippen LogP contribution in [-0.4, -0.2) is 36.0 Å². The molecule has 3 rings (SSSR count). The Labute approximate surface area is 157 Å². The van der Waals surface area contributed by atoms with Crippen molar-refractivity contribution in [3.63, 3.8) is 0 Å². The number of rotatable bonds is 8. The summed E-state index contributed by atoms with van der Waals surface area (Å²) in [6.07, 6.45) is 3.76. The van der Waals surface area contributed by atoms with Crippen molar-refractivity contribution in [1.82, 2.24) is 19.3 Å². The van der Waals surface area contributed by atoms with Crippen LogP contribution in [0.25, 0.3) is 5.82 Å². The standard InChI is InChI=1S/C18H20FN5O2S/c1-14-22-17(12-18(23-14)24-9-2-3-10-24)20-7-8-21-27(25,26)13-15-5-4-6-16(19)11-15/h2-6,9-12,21H,7-8,13H2,1H3,(H,20,22,23). The molecule has 0 bridgehead atoms. The van der Waals surface area contributed by atoms with Gasteiger partial charge >= 0.3 is 0 Å². The van der Waals surface area contributed by atoms with E-state index in [1.54, 1.807) is 19.1 Å². The largest absolute Gasteiger partial charge is 0.369 e. The fourth-order valence-corrected chi connectivity index (χ4v) is 3.69. The quantitative estimate of drug-likeness (QED) is 0.577. The summed E-state index contributed by atoms with van der Waals surface area (Å²) in [5, 5.41) is 3.08. The number of aromatic nitrogens is 3. The first kappa shape index (κ1) is 19.0. The summed E-state index contributed by atoms with van der Waals surface area (Å²) in [6.45, 7) is 2.32. The van der Waals surface area contributed by atoms with E-state index in [1.165, 1.54) is 18.2 Å². The second-order valence-electron chi connectivity index (χ2n) is 5.96. The Bertz CT molecular complexity index is 1010. The van der Waals surface area contributed by atoms with Gasteiger partial charge in [0.05, 0.1) is 5.75 Å². The highest BCUT2D eigenvalue weighted by atomic mass is 32.2. The summed E-state index contributed by atoms with van der Waals surface area (Å²) in [5.41, 5.74) is 0.401. The van der Waals surface area contributed by atoms with Crippen LogP contribution in [0.2, 0.25) is 0 Å². The van der Waals surface area contributed by atoms with Crippen LogP contribution < -0.4 is 10.0 Å². The Kier molecular flexibility index (Phi) is 5.82. The van der Waals surface area contributed by atoms with E-state index in [1.807, 2.05) is 29.1 Å². The molecule has 0 amide bonds. The fourth-order valence-electron chi connectivity index (χ4n) is 2.56. The lowest BCUT2D eigenvalue weighted by Crippen LogP contribution is -2.30. The minimum Gasteiger partial charge on any atom is -0.369 e. The Morgan fingerprint density at radius 1 is 1.07 bits per heavy atom. The molecule has 0 saturated heterocycles. The van der Waals surface area contributed by atoms with Crippen LogP contribution in [0.3, 0.4) is 0 Å². The predicted molar refractivity (Wildman–Crippen MR) is 102 cm³/mol. The first-order valence-electron chi connectivity index (χ1n) is 8.36. The number of hydrogen-bond acceptors (Lipinski definition) is 5. The highest BCUT2D eigenvalue weighted by Gasteiger charge is 2.11. The van der Waals surface area contributed by atoms with Crippen molar-refractivity contribution in [2.24, 2.45) is 0 Å². The number of halogens is 1. The molecule has 0 saturated carbocycles. The molecule has 0 atom stereocenters. The molecule has 0 spiro atoms. The molecule has 1 aromatic carbocycles. The molecule has 0 radical (unpaired) electrons. The third-order valence-electron chi connectivity index (χ3n) is 3.69. The summed E-state index contributed by atoms with van der Waals surface area (Å²) in [6, 6.07) is 11.1. The van der Waals surface area contributed by atoms with Crippen LogP contribution in [0.1, 0.15) is 11.4 Å². The number of nitrogens with one attached hydrogen (secondary N) is 2. The number of nitrogens with zero attached hydrogens (tertiary/aromatic N) is 3. The Balaban J connectivity index is 1.54. The molecule has 0 fully saturated rings. The van der Waals surface area contributed by atoms with Gasteiger partial charge in [0.2, 0.25) is 10.0 Å². The minimum atomic E-state index is -3.55. The van der Waals surface area contributed by atoms with Crippen LogP contribution in [-0.2, 0) is 15.8 Å². The van der Waals surface area contributed by atoms with Gasteiger partial charge in [0.15, 0.2) is 0 Å². The Morgan fingerprint density at radius 2 is 1.85 bits per heavy atom. The zero-order valence-corrected chi connectivity index (χ0v) is 15.6. The van der Waals surface area contributed by atoms with E-state index < -0.39 is 15.8 Å². The predicted octanol–water partition coefficient (Wildman–Crippen LogP) is 2.25. The van der Waals surface area contributed by atoms with Gasteiger partial charge in [-0.05, 0) is 36.8 Å². The van der Waals surface area contributed by atoms with Crippen molar-refractivity contribution < 1.29 is 12.8 Å². The molecule has 3 aromatic rings. The molecule has 27 heavy (non-hydrogen) atoms. The number of hydrogen-bond donors (Lipinski definition) is 2. The normalized spacial score (nSPS) is 11.5. The van der Waals surface area contributed by atoms with E-state index in [2.05, 4.69) is 20.0 Å². The molecule has 9 heteroatoms. The average molecular weight is 389 g/mol. The number of aryl methyl sites for hydroxylation is 1. The van der Waals surface area contributed by atoms with E-state index in [0.717, 1.165) is 5.82 Å². The summed E-state index contributed by atoms with van der Waals surface area (Å²) in [5.74, 6) is 1.21. The molecule has 2 aromatic heterocycles. The van der Waals surface area contributed by atoms with Gasteiger partial charge in [0.1, 0.15) is 23.3 Å². The zero-order valence-electron chi connectivity index (χ0n) is 14.8. The van der Waals surface area contributed by atoms with Crippen LogP contribution in [0, 0.1) is 12.7 Å². The van der Waals surface area contributed by atoms with Gasteiger partial charge in [-0.25, -0.2) is 27.5 Å². The molecule has 0 aliphatic rings. The van der Waals surface area contributed by atoms with Gasteiger partial charge in [-0.2, -0.15) is 0 Å². The maximum Gasteiger partial charge on any atom is 0.215 e. The summed E-state index contributed by atoms with van der Waals surface area (Å²) < 4.78 is 41.7. The summed E-state index contributed by atoms with van der Waals surface area (Å²) in [7, 11) is -3.55. The Hall–Kier alpha value is -2.78. The molecule has 0 aliphatic heterocycles. The van der Waals surface area contributed by atoms with Crippen LogP contribution in [0.4, 0.5) is 10.2 Å². The van der Waals surface area contributed by atoms with E-state index >= 15 is 0 Å². The average Bonchev–Trinajstić information content (AvgIpc) is 3.13. The molecule has 142 valence electrons. The highest BCUT2D eigenvalue weighted by molar-refractivity contribution is 7.88. The third kappa shape index (κ3) is 5.60. The zero-order chi connectivity index (χ0) is 19.3. The van der Waals surface area contributed by atoms with Crippen LogP contribution in [0.5, 0.6) is 0 Å². The maximum atomic E-state index is 13.2. The van der Waals surface area contributed by atoms with Crippen molar-refractivity contribution >= 4 is 15.8 Å². The molecule has 0 unspecified atom stereocenters. The lowest BCUT2D eigenvalue weighted by molar-refractivity contribution is 0.581. The molecular formula is C18H20FN5O2S. The van der Waals surface area contributed by atoms with Crippen molar-refractivity contribution in [2.75, 3.05) is 18.4 Å². The molecular weight excluding hydrogens is 369 g/mol. The van der Waals surface area contributed by atoms with Gasteiger partial charge in [0, 0.05) is 31.5 Å². The lowest BCUT2D eigenvalue weighted by atomic mass is 10.2.